The molecule has 0 atom stereocenters. The topological polar surface area (TPSA) is 51.6 Å². The summed E-state index contributed by atoms with van der Waals surface area (Å²) < 4.78 is 54.9. The van der Waals surface area contributed by atoms with Crippen LogP contribution >= 0.6 is 23.2 Å². The van der Waals surface area contributed by atoms with E-state index in [1.807, 2.05) is 0 Å². The van der Waals surface area contributed by atoms with Gasteiger partial charge in [0.15, 0.2) is 0 Å². The van der Waals surface area contributed by atoms with Gasteiger partial charge in [0.05, 0.1) is 33.9 Å². The van der Waals surface area contributed by atoms with Crippen molar-refractivity contribution in [2.24, 2.45) is 0 Å². The average Bonchev–Trinajstić information content (AvgIpc) is 2.72. The van der Waals surface area contributed by atoms with Gasteiger partial charge in [0.25, 0.3) is 0 Å². The van der Waals surface area contributed by atoms with Crippen molar-refractivity contribution in [2.45, 2.75) is 19.3 Å². The van der Waals surface area contributed by atoms with Gasteiger partial charge in [-0.25, -0.2) is 0 Å². The lowest BCUT2D eigenvalue weighted by Gasteiger charge is -2.25. The average molecular weight is 493 g/mol. The SMILES string of the molecule is CC(C)(c1cc(Cl)cc(-c2ccc(F)nc2F)n1)c1cc(Cl)cc(-c2ccc(F)nc2F)n1. The lowest BCUT2D eigenvalue weighted by molar-refractivity contribution is 0.514. The third kappa shape index (κ3) is 4.67. The summed E-state index contributed by atoms with van der Waals surface area (Å²) in [5.74, 6) is -3.99. The first-order valence-electron chi connectivity index (χ1n) is 9.55. The van der Waals surface area contributed by atoms with Gasteiger partial charge >= 0.3 is 0 Å². The van der Waals surface area contributed by atoms with Gasteiger partial charge in [-0.05, 0) is 62.4 Å². The Morgan fingerprint density at radius 2 is 1.00 bits per heavy atom. The van der Waals surface area contributed by atoms with E-state index < -0.39 is 29.2 Å². The first-order chi connectivity index (χ1) is 15.5. The Balaban J connectivity index is 1.83. The van der Waals surface area contributed by atoms with Gasteiger partial charge in [0, 0.05) is 15.5 Å². The fourth-order valence-corrected chi connectivity index (χ4v) is 3.66. The van der Waals surface area contributed by atoms with E-state index in [9.17, 15) is 17.6 Å². The van der Waals surface area contributed by atoms with E-state index in [1.165, 1.54) is 24.3 Å². The molecule has 0 spiro atoms. The van der Waals surface area contributed by atoms with Crippen LogP contribution in [0, 0.1) is 23.8 Å². The van der Waals surface area contributed by atoms with Gasteiger partial charge in [-0.3, -0.25) is 9.97 Å². The molecular weight excluding hydrogens is 479 g/mol. The summed E-state index contributed by atoms with van der Waals surface area (Å²) in [6.07, 6.45) is 0. The largest absolute Gasteiger partial charge is 0.252 e. The number of pyridine rings is 4. The Morgan fingerprint density at radius 1 is 0.606 bits per heavy atom. The summed E-state index contributed by atoms with van der Waals surface area (Å²) >= 11 is 12.5. The van der Waals surface area contributed by atoms with Gasteiger partial charge in [-0.2, -0.15) is 27.5 Å². The molecule has 0 aliphatic rings. The molecule has 0 aromatic carbocycles. The number of halogens is 6. The van der Waals surface area contributed by atoms with Crippen LogP contribution in [0.1, 0.15) is 25.2 Å². The maximum Gasteiger partial charge on any atom is 0.224 e. The molecule has 0 fully saturated rings. The third-order valence-electron chi connectivity index (χ3n) is 5.04. The Bertz CT molecular complexity index is 1280. The summed E-state index contributed by atoms with van der Waals surface area (Å²) in [6.45, 7) is 3.55. The number of aromatic nitrogens is 4. The molecule has 0 bridgehead atoms. The summed E-state index contributed by atoms with van der Waals surface area (Å²) in [6, 6.07) is 10.5. The van der Waals surface area contributed by atoms with Gasteiger partial charge in [-0.15, -0.1) is 0 Å². The van der Waals surface area contributed by atoms with Crippen molar-refractivity contribution >= 4 is 23.2 Å². The van der Waals surface area contributed by atoms with Crippen LogP contribution in [0.15, 0.2) is 48.5 Å². The van der Waals surface area contributed by atoms with Crippen LogP contribution in [-0.2, 0) is 5.41 Å². The van der Waals surface area contributed by atoms with E-state index in [1.54, 1.807) is 26.0 Å². The lowest BCUT2D eigenvalue weighted by Crippen LogP contribution is -2.23. The second-order valence-corrected chi connectivity index (χ2v) is 8.55. The van der Waals surface area contributed by atoms with Crippen molar-refractivity contribution in [2.75, 3.05) is 0 Å². The van der Waals surface area contributed by atoms with Crippen LogP contribution in [-0.4, -0.2) is 19.9 Å². The van der Waals surface area contributed by atoms with Gasteiger partial charge in [0.2, 0.25) is 23.8 Å². The summed E-state index contributed by atoms with van der Waals surface area (Å²) in [4.78, 5) is 15.4. The smallest absolute Gasteiger partial charge is 0.224 e. The molecule has 0 aliphatic heterocycles. The quantitative estimate of drug-likeness (QED) is 0.232. The second-order valence-electron chi connectivity index (χ2n) is 7.68. The van der Waals surface area contributed by atoms with Crippen LogP contribution < -0.4 is 0 Å². The van der Waals surface area contributed by atoms with Gasteiger partial charge in [-0.1, -0.05) is 23.2 Å². The van der Waals surface area contributed by atoms with Gasteiger partial charge < -0.3 is 0 Å². The van der Waals surface area contributed by atoms with Crippen molar-refractivity contribution in [3.8, 4) is 22.5 Å². The highest BCUT2D eigenvalue weighted by Crippen LogP contribution is 2.36. The van der Waals surface area contributed by atoms with Crippen molar-refractivity contribution in [3.05, 3.63) is 93.8 Å². The molecule has 0 unspecified atom stereocenters. The number of nitrogens with zero attached hydrogens (tertiary/aromatic N) is 4. The van der Waals surface area contributed by atoms with Crippen molar-refractivity contribution < 1.29 is 17.6 Å². The molecule has 0 radical (unpaired) electrons. The Hall–Kier alpha value is -3.10. The predicted octanol–water partition coefficient (Wildman–Crippen LogP) is 6.79. The summed E-state index contributed by atoms with van der Waals surface area (Å²) in [5, 5.41) is 0.505. The molecule has 4 aromatic rings. The molecular formula is C23H14Cl2F4N4. The minimum absolute atomic E-state index is 0.0323. The standard InChI is InChI=1S/C23H14Cl2F4N4/c1-23(2,17-9-11(24)7-15(30-17)13-3-5-19(26)32-21(13)28)18-10-12(25)8-16(31-18)14-4-6-20(27)33-22(14)29/h3-10H,1-2H3. The molecule has 0 saturated heterocycles. The summed E-state index contributed by atoms with van der Waals surface area (Å²) in [5.41, 5.74) is 0.0792. The molecule has 0 saturated carbocycles. The molecule has 168 valence electrons. The van der Waals surface area contributed by atoms with E-state index in [2.05, 4.69) is 19.9 Å². The molecule has 4 heterocycles. The molecule has 4 rings (SSSR count). The van der Waals surface area contributed by atoms with E-state index in [0.29, 0.717) is 11.4 Å². The van der Waals surface area contributed by atoms with E-state index in [-0.39, 0.29) is 32.6 Å². The second kappa shape index (κ2) is 8.68. The Labute approximate surface area is 196 Å². The third-order valence-corrected chi connectivity index (χ3v) is 5.48. The van der Waals surface area contributed by atoms with Crippen LogP contribution in [0.2, 0.25) is 10.0 Å². The Morgan fingerprint density at radius 3 is 1.36 bits per heavy atom. The first-order valence-corrected chi connectivity index (χ1v) is 10.3. The van der Waals surface area contributed by atoms with Crippen molar-refractivity contribution in [3.63, 3.8) is 0 Å². The molecule has 4 aromatic heterocycles. The molecule has 10 heteroatoms. The van der Waals surface area contributed by atoms with E-state index in [0.717, 1.165) is 12.1 Å². The lowest BCUT2D eigenvalue weighted by atomic mass is 9.84. The normalized spacial score (nSPS) is 11.6. The summed E-state index contributed by atoms with van der Waals surface area (Å²) in [7, 11) is 0. The minimum Gasteiger partial charge on any atom is -0.252 e. The number of hydrogen-bond acceptors (Lipinski definition) is 4. The fourth-order valence-electron chi connectivity index (χ4n) is 3.25. The van der Waals surface area contributed by atoms with Crippen LogP contribution in [0.25, 0.3) is 22.5 Å². The number of hydrogen-bond donors (Lipinski definition) is 0. The predicted molar refractivity (Wildman–Crippen MR) is 117 cm³/mol. The van der Waals surface area contributed by atoms with E-state index in [4.69, 9.17) is 23.2 Å². The minimum atomic E-state index is -1.03. The zero-order valence-electron chi connectivity index (χ0n) is 17.2. The van der Waals surface area contributed by atoms with Crippen molar-refractivity contribution in [1.29, 1.82) is 0 Å². The monoisotopic (exact) mass is 492 g/mol. The van der Waals surface area contributed by atoms with Crippen molar-refractivity contribution in [1.82, 2.24) is 19.9 Å². The highest BCUT2D eigenvalue weighted by molar-refractivity contribution is 6.31. The van der Waals surface area contributed by atoms with E-state index >= 15 is 0 Å². The van der Waals surface area contributed by atoms with Crippen LogP contribution in [0.3, 0.4) is 0 Å². The van der Waals surface area contributed by atoms with Crippen LogP contribution in [0.4, 0.5) is 17.6 Å². The molecule has 4 nitrogen and oxygen atoms in total. The molecule has 0 amide bonds. The fraction of sp³-hybridized carbons (Fsp3) is 0.130. The number of rotatable bonds is 4. The maximum absolute atomic E-state index is 14.2. The highest BCUT2D eigenvalue weighted by Gasteiger charge is 2.29. The zero-order chi connectivity index (χ0) is 23.9. The molecule has 0 N–H and O–H groups in total. The highest BCUT2D eigenvalue weighted by atomic mass is 35.5. The maximum atomic E-state index is 14.2. The molecule has 33 heavy (non-hydrogen) atoms. The zero-order valence-corrected chi connectivity index (χ0v) is 18.7. The Kier molecular flexibility index (Phi) is 6.07. The van der Waals surface area contributed by atoms with Crippen LogP contribution in [0.5, 0.6) is 0 Å². The first kappa shape index (κ1) is 23.1. The molecule has 0 aliphatic carbocycles. The van der Waals surface area contributed by atoms with Gasteiger partial charge in [0.1, 0.15) is 0 Å².